The number of carbonyl (C=O) groups is 1. The second-order valence-corrected chi connectivity index (χ2v) is 10.3. The standard InChI is InChI=1S/C28H29IN2O2/c29-26-24(14-17-31(26)16-13-20-11-12-25-21(19-20)15-18-33-25)28(27(30)32,22-7-3-1-4-8-22)23-9-5-2-6-10-23/h1-12,19,24,26H,13-18H2,(H2,30,32). The van der Waals surface area contributed by atoms with Crippen molar-refractivity contribution in [1.82, 2.24) is 4.90 Å². The highest BCUT2D eigenvalue weighted by Crippen LogP contribution is 2.48. The molecule has 0 radical (unpaired) electrons. The van der Waals surface area contributed by atoms with E-state index in [0.29, 0.717) is 0 Å². The number of primary amides is 1. The van der Waals surface area contributed by atoms with Gasteiger partial charge in [0.15, 0.2) is 0 Å². The summed E-state index contributed by atoms with van der Waals surface area (Å²) >= 11 is 2.54. The van der Waals surface area contributed by atoms with E-state index in [0.717, 1.165) is 55.8 Å². The number of amides is 1. The van der Waals surface area contributed by atoms with Crippen molar-refractivity contribution in [2.24, 2.45) is 11.7 Å². The van der Waals surface area contributed by atoms with Crippen molar-refractivity contribution in [2.45, 2.75) is 28.7 Å². The molecule has 0 aromatic heterocycles. The lowest BCUT2D eigenvalue weighted by Crippen LogP contribution is -2.51. The van der Waals surface area contributed by atoms with E-state index >= 15 is 0 Å². The van der Waals surface area contributed by atoms with E-state index in [1.54, 1.807) is 0 Å². The molecule has 0 spiro atoms. The summed E-state index contributed by atoms with van der Waals surface area (Å²) in [6.45, 7) is 2.71. The van der Waals surface area contributed by atoms with Gasteiger partial charge in [-0.1, -0.05) is 95.4 Å². The first-order valence-corrected chi connectivity index (χ1v) is 12.9. The number of likely N-dealkylation sites (tertiary alicyclic amines) is 1. The molecule has 2 aliphatic heterocycles. The zero-order valence-electron chi connectivity index (χ0n) is 18.6. The van der Waals surface area contributed by atoms with Crippen LogP contribution in [-0.2, 0) is 23.1 Å². The largest absolute Gasteiger partial charge is 0.493 e. The van der Waals surface area contributed by atoms with Crippen LogP contribution in [0.1, 0.15) is 28.7 Å². The molecule has 3 aromatic carbocycles. The average Bonchev–Trinajstić information content (AvgIpc) is 3.46. The third-order valence-electron chi connectivity index (χ3n) is 7.25. The summed E-state index contributed by atoms with van der Waals surface area (Å²) < 4.78 is 5.85. The Morgan fingerprint density at radius 1 is 1.03 bits per heavy atom. The van der Waals surface area contributed by atoms with Gasteiger partial charge >= 0.3 is 0 Å². The third kappa shape index (κ3) is 4.06. The fraction of sp³-hybridized carbons (Fsp3) is 0.321. The Hall–Kier alpha value is -2.38. The van der Waals surface area contributed by atoms with Crippen molar-refractivity contribution in [2.75, 3.05) is 19.7 Å². The maximum Gasteiger partial charge on any atom is 0.232 e. The highest BCUT2D eigenvalue weighted by molar-refractivity contribution is 14.1. The second kappa shape index (κ2) is 9.47. The van der Waals surface area contributed by atoms with Gasteiger partial charge in [0.25, 0.3) is 0 Å². The number of nitrogens with zero attached hydrogens (tertiary/aromatic N) is 1. The lowest BCUT2D eigenvalue weighted by molar-refractivity contribution is -0.123. The third-order valence-corrected chi connectivity index (χ3v) is 8.91. The SMILES string of the molecule is NC(=O)C(c1ccccc1)(c1ccccc1)C1CCN(CCc2ccc3c(c2)CCO3)C1I. The molecule has 4 nitrogen and oxygen atoms in total. The molecule has 2 N–H and O–H groups in total. The zero-order chi connectivity index (χ0) is 22.8. The molecule has 1 fully saturated rings. The quantitative estimate of drug-likeness (QED) is 0.262. The van der Waals surface area contributed by atoms with Crippen LogP contribution in [0.15, 0.2) is 78.9 Å². The Bertz CT molecular complexity index is 1080. The minimum atomic E-state index is -0.853. The summed E-state index contributed by atoms with van der Waals surface area (Å²) in [5.41, 5.74) is 10.0. The van der Waals surface area contributed by atoms with E-state index in [4.69, 9.17) is 10.5 Å². The van der Waals surface area contributed by atoms with Gasteiger partial charge in [-0.05, 0) is 47.7 Å². The van der Waals surface area contributed by atoms with Gasteiger partial charge < -0.3 is 10.5 Å². The molecule has 5 rings (SSSR count). The van der Waals surface area contributed by atoms with Gasteiger partial charge in [0.1, 0.15) is 11.2 Å². The first-order chi connectivity index (χ1) is 16.1. The van der Waals surface area contributed by atoms with E-state index in [-0.39, 0.29) is 15.9 Å². The topological polar surface area (TPSA) is 55.6 Å². The molecule has 33 heavy (non-hydrogen) atoms. The van der Waals surface area contributed by atoms with Crippen LogP contribution in [-0.4, -0.2) is 34.6 Å². The number of hydrogen-bond acceptors (Lipinski definition) is 3. The van der Waals surface area contributed by atoms with E-state index in [9.17, 15) is 4.79 Å². The number of nitrogens with two attached hydrogens (primary N) is 1. The summed E-state index contributed by atoms with van der Waals surface area (Å²) in [7, 11) is 0. The molecular formula is C28H29IN2O2. The molecule has 0 aliphatic carbocycles. The van der Waals surface area contributed by atoms with Crippen molar-refractivity contribution in [3.63, 3.8) is 0 Å². The minimum Gasteiger partial charge on any atom is -0.493 e. The van der Waals surface area contributed by atoms with Gasteiger partial charge in [-0.15, -0.1) is 0 Å². The fourth-order valence-corrected chi connectivity index (χ4v) is 7.07. The van der Waals surface area contributed by atoms with Crippen LogP contribution < -0.4 is 10.5 Å². The number of fused-ring (bicyclic) bond motifs is 1. The number of hydrogen-bond donors (Lipinski definition) is 1. The molecule has 2 atom stereocenters. The first-order valence-electron chi connectivity index (χ1n) is 11.6. The van der Waals surface area contributed by atoms with Crippen LogP contribution in [0.2, 0.25) is 0 Å². The van der Waals surface area contributed by atoms with E-state index in [1.165, 1.54) is 11.1 Å². The molecule has 0 saturated carbocycles. The fourth-order valence-electron chi connectivity index (χ4n) is 5.61. The Kier molecular flexibility index (Phi) is 6.43. The number of rotatable bonds is 7. The smallest absolute Gasteiger partial charge is 0.232 e. The number of halogens is 1. The Morgan fingerprint density at radius 2 is 1.70 bits per heavy atom. The number of benzene rings is 3. The lowest BCUT2D eigenvalue weighted by atomic mass is 9.64. The number of carbonyl (C=O) groups excluding carboxylic acids is 1. The molecule has 1 amide bonds. The molecule has 2 unspecified atom stereocenters. The van der Waals surface area contributed by atoms with Gasteiger partial charge in [-0.2, -0.15) is 0 Å². The Balaban J connectivity index is 1.43. The Morgan fingerprint density at radius 3 is 2.33 bits per heavy atom. The van der Waals surface area contributed by atoms with Crippen molar-refractivity contribution in [3.05, 3.63) is 101 Å². The van der Waals surface area contributed by atoms with Crippen LogP contribution in [0.25, 0.3) is 0 Å². The van der Waals surface area contributed by atoms with E-state index in [2.05, 4.69) is 70.0 Å². The summed E-state index contributed by atoms with van der Waals surface area (Å²) in [5, 5.41) is 0. The summed E-state index contributed by atoms with van der Waals surface area (Å²) in [6, 6.07) is 26.8. The van der Waals surface area contributed by atoms with Crippen LogP contribution in [0.4, 0.5) is 0 Å². The summed E-state index contributed by atoms with van der Waals surface area (Å²) in [6.07, 6.45) is 2.91. The van der Waals surface area contributed by atoms with Gasteiger partial charge in [-0.25, -0.2) is 0 Å². The van der Waals surface area contributed by atoms with Crippen LogP contribution in [0, 0.1) is 5.92 Å². The molecule has 5 heteroatoms. The number of alkyl halides is 1. The van der Waals surface area contributed by atoms with E-state index in [1.807, 2.05) is 36.4 Å². The predicted molar refractivity (Wildman–Crippen MR) is 140 cm³/mol. The molecular weight excluding hydrogens is 523 g/mol. The predicted octanol–water partition coefficient (Wildman–Crippen LogP) is 4.72. The average molecular weight is 552 g/mol. The Labute approximate surface area is 209 Å². The summed E-state index contributed by atoms with van der Waals surface area (Å²) in [5.74, 6) is 0.851. The minimum absolute atomic E-state index is 0.0915. The molecule has 3 aromatic rings. The van der Waals surface area contributed by atoms with Gasteiger partial charge in [0.05, 0.1) is 10.7 Å². The van der Waals surface area contributed by atoms with Crippen molar-refractivity contribution < 1.29 is 9.53 Å². The molecule has 2 heterocycles. The van der Waals surface area contributed by atoms with Crippen LogP contribution in [0.3, 0.4) is 0 Å². The highest BCUT2D eigenvalue weighted by atomic mass is 127. The van der Waals surface area contributed by atoms with Crippen molar-refractivity contribution in [1.29, 1.82) is 0 Å². The highest BCUT2D eigenvalue weighted by Gasteiger charge is 2.53. The van der Waals surface area contributed by atoms with Gasteiger partial charge in [-0.3, -0.25) is 9.69 Å². The number of ether oxygens (including phenoxy) is 1. The molecule has 2 aliphatic rings. The summed E-state index contributed by atoms with van der Waals surface area (Å²) in [4.78, 5) is 15.9. The maximum atomic E-state index is 13.3. The van der Waals surface area contributed by atoms with Gasteiger partial charge in [0.2, 0.25) is 5.91 Å². The second-order valence-electron chi connectivity index (χ2n) is 9.00. The van der Waals surface area contributed by atoms with E-state index < -0.39 is 5.41 Å². The maximum absolute atomic E-state index is 13.3. The van der Waals surface area contributed by atoms with Gasteiger partial charge in [0, 0.05) is 18.9 Å². The molecule has 170 valence electrons. The molecule has 0 bridgehead atoms. The normalized spacial score (nSPS) is 20.4. The van der Waals surface area contributed by atoms with Crippen molar-refractivity contribution in [3.8, 4) is 5.75 Å². The van der Waals surface area contributed by atoms with Crippen LogP contribution >= 0.6 is 22.6 Å². The van der Waals surface area contributed by atoms with Crippen LogP contribution in [0.5, 0.6) is 5.75 Å². The first kappa shape index (κ1) is 22.4. The molecule has 1 saturated heterocycles. The van der Waals surface area contributed by atoms with Crippen molar-refractivity contribution >= 4 is 28.5 Å². The lowest BCUT2D eigenvalue weighted by Gasteiger charge is -2.40. The zero-order valence-corrected chi connectivity index (χ0v) is 20.8. The monoisotopic (exact) mass is 552 g/mol.